The third kappa shape index (κ3) is 4.09. The van der Waals surface area contributed by atoms with Crippen LogP contribution < -0.4 is 9.64 Å². The number of hydrogen-bond acceptors (Lipinski definition) is 6. The Balaban J connectivity index is 1.65. The van der Waals surface area contributed by atoms with E-state index in [0.29, 0.717) is 30.1 Å². The minimum atomic E-state index is -0.119. The van der Waals surface area contributed by atoms with Gasteiger partial charge < -0.3 is 14.5 Å². The Morgan fingerprint density at radius 2 is 2.15 bits per heavy atom. The van der Waals surface area contributed by atoms with Crippen LogP contribution in [0.1, 0.15) is 28.8 Å². The van der Waals surface area contributed by atoms with Crippen molar-refractivity contribution in [2.45, 2.75) is 18.9 Å². The van der Waals surface area contributed by atoms with E-state index in [2.05, 4.69) is 16.3 Å². The highest BCUT2D eigenvalue weighted by Gasteiger charge is 2.26. The zero-order chi connectivity index (χ0) is 18.5. The second-order valence-corrected chi connectivity index (χ2v) is 6.45. The van der Waals surface area contributed by atoms with Crippen LogP contribution in [0.2, 0.25) is 0 Å². The predicted octanol–water partition coefficient (Wildman–Crippen LogP) is 2.10. The molecule has 134 valence electrons. The number of benzene rings is 1. The molecular formula is C19H21N5O2. The molecule has 3 rings (SSSR count). The van der Waals surface area contributed by atoms with Gasteiger partial charge in [0.2, 0.25) is 5.88 Å². The molecule has 0 radical (unpaired) electrons. The van der Waals surface area contributed by atoms with Crippen molar-refractivity contribution < 1.29 is 9.53 Å². The van der Waals surface area contributed by atoms with Crippen molar-refractivity contribution in [2.24, 2.45) is 0 Å². The van der Waals surface area contributed by atoms with E-state index in [1.165, 1.54) is 0 Å². The Labute approximate surface area is 152 Å². The van der Waals surface area contributed by atoms with E-state index in [1.54, 1.807) is 35.2 Å². The number of amides is 1. The van der Waals surface area contributed by atoms with Crippen LogP contribution in [0.3, 0.4) is 0 Å². The Kier molecular flexibility index (Phi) is 5.32. The summed E-state index contributed by atoms with van der Waals surface area (Å²) in [6, 6.07) is 12.5. The van der Waals surface area contributed by atoms with Gasteiger partial charge in [-0.2, -0.15) is 5.26 Å². The molecule has 26 heavy (non-hydrogen) atoms. The van der Waals surface area contributed by atoms with E-state index in [4.69, 9.17) is 10.00 Å². The second-order valence-electron chi connectivity index (χ2n) is 6.45. The summed E-state index contributed by atoms with van der Waals surface area (Å²) < 4.78 is 5.91. The number of piperidine rings is 1. The van der Waals surface area contributed by atoms with Gasteiger partial charge in [0.25, 0.3) is 5.91 Å². The van der Waals surface area contributed by atoms with E-state index >= 15 is 0 Å². The lowest BCUT2D eigenvalue weighted by atomic mass is 10.1. The number of carbonyl (C=O) groups is 1. The largest absolute Gasteiger partial charge is 0.471 e. The molecule has 0 saturated carbocycles. The van der Waals surface area contributed by atoms with Gasteiger partial charge in [0.05, 0.1) is 18.2 Å². The highest BCUT2D eigenvalue weighted by molar-refractivity contribution is 5.94. The van der Waals surface area contributed by atoms with Gasteiger partial charge >= 0.3 is 0 Å². The Morgan fingerprint density at radius 3 is 2.85 bits per heavy atom. The first-order valence-corrected chi connectivity index (χ1v) is 8.54. The molecule has 7 nitrogen and oxygen atoms in total. The molecule has 1 aromatic carbocycles. The van der Waals surface area contributed by atoms with Crippen molar-refractivity contribution in [2.75, 3.05) is 32.1 Å². The van der Waals surface area contributed by atoms with Crippen LogP contribution in [-0.2, 0) is 0 Å². The summed E-state index contributed by atoms with van der Waals surface area (Å²) in [5.74, 6) is 1.14. The molecule has 1 saturated heterocycles. The van der Waals surface area contributed by atoms with Crippen LogP contribution in [0.4, 0.5) is 5.82 Å². The molecule has 0 aliphatic carbocycles. The predicted molar refractivity (Wildman–Crippen MR) is 97.1 cm³/mol. The molecule has 2 aromatic rings. The summed E-state index contributed by atoms with van der Waals surface area (Å²) in [5, 5.41) is 17.2. The van der Waals surface area contributed by atoms with Crippen LogP contribution in [0.5, 0.6) is 5.88 Å². The normalized spacial score (nSPS) is 16.7. The minimum absolute atomic E-state index is 0.0792. The minimum Gasteiger partial charge on any atom is -0.471 e. The Morgan fingerprint density at radius 1 is 1.31 bits per heavy atom. The Hall–Kier alpha value is -3.14. The highest BCUT2D eigenvalue weighted by Crippen LogP contribution is 2.19. The molecule has 2 heterocycles. The third-order valence-corrected chi connectivity index (χ3v) is 4.28. The van der Waals surface area contributed by atoms with E-state index in [0.717, 1.165) is 18.7 Å². The number of rotatable bonds is 4. The van der Waals surface area contributed by atoms with Gasteiger partial charge in [-0.1, -0.05) is 6.07 Å². The maximum absolute atomic E-state index is 12.7. The fourth-order valence-electron chi connectivity index (χ4n) is 2.91. The van der Waals surface area contributed by atoms with Crippen LogP contribution in [0.25, 0.3) is 0 Å². The van der Waals surface area contributed by atoms with Crippen LogP contribution >= 0.6 is 0 Å². The SMILES string of the molecule is CN(C)c1ccc(OC2CCCN(C(=O)c3cccc(C#N)c3)C2)nn1. The lowest BCUT2D eigenvalue weighted by molar-refractivity contribution is 0.0525. The molecule has 1 aliphatic rings. The van der Waals surface area contributed by atoms with Crippen molar-refractivity contribution in [3.63, 3.8) is 0 Å². The van der Waals surface area contributed by atoms with E-state index in [-0.39, 0.29) is 12.0 Å². The van der Waals surface area contributed by atoms with E-state index < -0.39 is 0 Å². The standard InChI is InChI=1S/C19H21N5O2/c1-23(2)17-8-9-18(22-21-17)26-16-7-4-10-24(13-16)19(25)15-6-3-5-14(11-15)12-20/h3,5-6,8-9,11,16H,4,7,10,13H2,1-2H3. The number of ether oxygens (including phenoxy) is 1. The van der Waals surface area contributed by atoms with Gasteiger partial charge in [-0.25, -0.2) is 0 Å². The van der Waals surface area contributed by atoms with Crippen LogP contribution in [0.15, 0.2) is 36.4 Å². The number of nitrogens with zero attached hydrogens (tertiary/aromatic N) is 5. The topological polar surface area (TPSA) is 82.4 Å². The first-order chi connectivity index (χ1) is 12.6. The van der Waals surface area contributed by atoms with Gasteiger partial charge in [-0.15, -0.1) is 10.2 Å². The molecule has 1 amide bonds. The van der Waals surface area contributed by atoms with Crippen molar-refractivity contribution in [1.82, 2.24) is 15.1 Å². The summed E-state index contributed by atoms with van der Waals surface area (Å²) >= 11 is 0. The summed E-state index contributed by atoms with van der Waals surface area (Å²) in [4.78, 5) is 16.4. The monoisotopic (exact) mass is 351 g/mol. The molecule has 1 atom stereocenters. The first-order valence-electron chi connectivity index (χ1n) is 8.54. The van der Waals surface area contributed by atoms with Crippen molar-refractivity contribution in [3.05, 3.63) is 47.5 Å². The molecule has 0 spiro atoms. The van der Waals surface area contributed by atoms with Gasteiger partial charge in [0.1, 0.15) is 6.10 Å². The molecule has 1 unspecified atom stereocenters. The molecule has 1 aromatic heterocycles. The third-order valence-electron chi connectivity index (χ3n) is 4.28. The summed E-state index contributed by atoms with van der Waals surface area (Å²) in [6.07, 6.45) is 1.60. The fraction of sp³-hybridized carbons (Fsp3) is 0.368. The van der Waals surface area contributed by atoms with E-state index in [1.807, 2.05) is 25.1 Å². The lowest BCUT2D eigenvalue weighted by Crippen LogP contribution is -2.44. The zero-order valence-electron chi connectivity index (χ0n) is 14.9. The van der Waals surface area contributed by atoms with Crippen molar-refractivity contribution in [3.8, 4) is 11.9 Å². The molecule has 1 aliphatic heterocycles. The smallest absolute Gasteiger partial charge is 0.254 e. The van der Waals surface area contributed by atoms with Crippen LogP contribution in [-0.4, -0.2) is 54.3 Å². The molecule has 7 heteroatoms. The fourth-order valence-corrected chi connectivity index (χ4v) is 2.91. The number of anilines is 1. The molecule has 1 fully saturated rings. The zero-order valence-corrected chi connectivity index (χ0v) is 14.9. The first kappa shape index (κ1) is 17.7. The summed E-state index contributed by atoms with van der Waals surface area (Å²) in [6.45, 7) is 1.17. The highest BCUT2D eigenvalue weighted by atomic mass is 16.5. The number of likely N-dealkylation sites (tertiary alicyclic amines) is 1. The van der Waals surface area contributed by atoms with Crippen molar-refractivity contribution >= 4 is 11.7 Å². The van der Waals surface area contributed by atoms with Gasteiger partial charge in [-0.05, 0) is 37.1 Å². The van der Waals surface area contributed by atoms with Crippen molar-refractivity contribution in [1.29, 1.82) is 5.26 Å². The average molecular weight is 351 g/mol. The number of carbonyl (C=O) groups excluding carboxylic acids is 1. The summed E-state index contributed by atoms with van der Waals surface area (Å²) in [7, 11) is 3.80. The number of hydrogen-bond donors (Lipinski definition) is 0. The maximum atomic E-state index is 12.7. The lowest BCUT2D eigenvalue weighted by Gasteiger charge is -2.32. The maximum Gasteiger partial charge on any atom is 0.254 e. The average Bonchev–Trinajstić information content (AvgIpc) is 2.68. The number of aromatic nitrogens is 2. The molecular weight excluding hydrogens is 330 g/mol. The van der Waals surface area contributed by atoms with Gasteiger partial charge in [-0.3, -0.25) is 4.79 Å². The molecule has 0 N–H and O–H groups in total. The van der Waals surface area contributed by atoms with Gasteiger partial charge in [0.15, 0.2) is 5.82 Å². The number of nitriles is 1. The quantitative estimate of drug-likeness (QED) is 0.839. The van der Waals surface area contributed by atoms with E-state index in [9.17, 15) is 4.79 Å². The second kappa shape index (κ2) is 7.83. The molecule has 0 bridgehead atoms. The Bertz CT molecular complexity index is 813. The van der Waals surface area contributed by atoms with Crippen LogP contribution in [0, 0.1) is 11.3 Å². The summed E-state index contributed by atoms with van der Waals surface area (Å²) in [5.41, 5.74) is 1.01. The van der Waals surface area contributed by atoms with Gasteiger partial charge in [0, 0.05) is 32.3 Å².